The number of nitrogen functional groups attached to an aromatic ring is 2. The fraction of sp³-hybridized carbons (Fsp3) is 0.105. The Balaban J connectivity index is 1.58. The summed E-state index contributed by atoms with van der Waals surface area (Å²) in [5.41, 5.74) is 12.0. The lowest BCUT2D eigenvalue weighted by Crippen LogP contribution is -2.22. The number of rotatable bonds is 6. The number of nitrogens with one attached hydrogen (secondary N) is 1. The number of hydrogen-bond acceptors (Lipinski definition) is 7. The SMILES string of the molecule is C[C@@H](Sc1nc(N)cc(N)n1)C(=O)Nc1ccc(Oc2ccccc2)cc1. The first-order chi connectivity index (χ1) is 13.0. The normalized spacial score (nSPS) is 11.6. The Morgan fingerprint density at radius 2 is 1.59 bits per heavy atom. The molecule has 138 valence electrons. The lowest BCUT2D eigenvalue weighted by Gasteiger charge is -2.12. The highest BCUT2D eigenvalue weighted by Crippen LogP contribution is 2.25. The van der Waals surface area contributed by atoms with Crippen LogP contribution in [0.3, 0.4) is 0 Å². The third kappa shape index (κ3) is 5.35. The maximum atomic E-state index is 12.4. The molecule has 3 rings (SSSR count). The number of thioether (sulfide) groups is 1. The predicted octanol–water partition coefficient (Wildman–Crippen LogP) is 3.55. The van der Waals surface area contributed by atoms with Gasteiger partial charge in [0.2, 0.25) is 5.91 Å². The summed E-state index contributed by atoms with van der Waals surface area (Å²) in [5, 5.41) is 2.79. The molecule has 7 nitrogen and oxygen atoms in total. The fourth-order valence-electron chi connectivity index (χ4n) is 2.20. The molecule has 0 unspecified atom stereocenters. The molecule has 5 N–H and O–H groups in total. The highest BCUT2D eigenvalue weighted by Gasteiger charge is 2.17. The van der Waals surface area contributed by atoms with Crippen molar-refractivity contribution < 1.29 is 9.53 Å². The number of amides is 1. The van der Waals surface area contributed by atoms with Crippen LogP contribution in [0.25, 0.3) is 0 Å². The lowest BCUT2D eigenvalue weighted by atomic mass is 10.3. The zero-order chi connectivity index (χ0) is 19.2. The molecular weight excluding hydrogens is 362 g/mol. The largest absolute Gasteiger partial charge is 0.457 e. The molecule has 1 amide bonds. The first kappa shape index (κ1) is 18.5. The van der Waals surface area contributed by atoms with E-state index in [-0.39, 0.29) is 17.5 Å². The van der Waals surface area contributed by atoms with E-state index in [0.717, 1.165) is 5.75 Å². The van der Waals surface area contributed by atoms with Crippen molar-refractivity contribution in [2.75, 3.05) is 16.8 Å². The zero-order valence-electron chi connectivity index (χ0n) is 14.6. The Kier molecular flexibility index (Phi) is 5.77. The Morgan fingerprint density at radius 1 is 1.00 bits per heavy atom. The summed E-state index contributed by atoms with van der Waals surface area (Å²) in [4.78, 5) is 20.5. The van der Waals surface area contributed by atoms with E-state index in [1.165, 1.54) is 17.8 Å². The van der Waals surface area contributed by atoms with Gasteiger partial charge in [0.05, 0.1) is 5.25 Å². The van der Waals surface area contributed by atoms with Gasteiger partial charge in [0.15, 0.2) is 5.16 Å². The fourth-order valence-corrected chi connectivity index (χ4v) is 3.00. The minimum Gasteiger partial charge on any atom is -0.457 e. The van der Waals surface area contributed by atoms with Crippen LogP contribution in [-0.2, 0) is 4.79 Å². The van der Waals surface area contributed by atoms with Crippen LogP contribution in [-0.4, -0.2) is 21.1 Å². The monoisotopic (exact) mass is 381 g/mol. The van der Waals surface area contributed by atoms with E-state index in [1.54, 1.807) is 31.2 Å². The maximum absolute atomic E-state index is 12.4. The standard InChI is InChI=1S/C19H19N5O2S/c1-12(27-19-23-16(20)11-17(21)24-19)18(25)22-13-7-9-15(10-8-13)26-14-5-3-2-4-6-14/h2-12H,1H3,(H,22,25)(H4,20,21,23,24)/t12-/m1/s1. The molecule has 3 aromatic rings. The van der Waals surface area contributed by atoms with E-state index in [4.69, 9.17) is 16.2 Å². The van der Waals surface area contributed by atoms with Crippen LogP contribution in [0.5, 0.6) is 11.5 Å². The summed E-state index contributed by atoms with van der Waals surface area (Å²) in [6.45, 7) is 1.76. The van der Waals surface area contributed by atoms with Gasteiger partial charge in [-0.2, -0.15) is 0 Å². The number of carbonyl (C=O) groups excluding carboxylic acids is 1. The Bertz CT molecular complexity index is 899. The smallest absolute Gasteiger partial charge is 0.237 e. The number of carbonyl (C=O) groups is 1. The summed E-state index contributed by atoms with van der Waals surface area (Å²) < 4.78 is 5.73. The molecule has 0 fully saturated rings. The average molecular weight is 381 g/mol. The number of benzene rings is 2. The summed E-state index contributed by atoms with van der Waals surface area (Å²) in [6.07, 6.45) is 0. The van der Waals surface area contributed by atoms with Gasteiger partial charge >= 0.3 is 0 Å². The summed E-state index contributed by atoms with van der Waals surface area (Å²) in [6, 6.07) is 18.1. The summed E-state index contributed by atoms with van der Waals surface area (Å²) in [5.74, 6) is 1.80. The quantitative estimate of drug-likeness (QED) is 0.441. The number of anilines is 3. The molecule has 0 aliphatic heterocycles. The van der Waals surface area contributed by atoms with Gasteiger partial charge < -0.3 is 21.5 Å². The van der Waals surface area contributed by atoms with Crippen molar-refractivity contribution in [1.29, 1.82) is 0 Å². The minimum atomic E-state index is -0.425. The van der Waals surface area contributed by atoms with Crippen LogP contribution < -0.4 is 21.5 Å². The highest BCUT2D eigenvalue weighted by molar-refractivity contribution is 8.00. The van der Waals surface area contributed by atoms with E-state index in [9.17, 15) is 4.79 Å². The third-order valence-corrected chi connectivity index (χ3v) is 4.46. The molecular formula is C19H19N5O2S. The molecule has 0 bridgehead atoms. The molecule has 2 aromatic carbocycles. The van der Waals surface area contributed by atoms with E-state index < -0.39 is 5.25 Å². The van der Waals surface area contributed by atoms with Crippen LogP contribution in [0.2, 0.25) is 0 Å². The van der Waals surface area contributed by atoms with Gasteiger partial charge in [-0.15, -0.1) is 0 Å². The van der Waals surface area contributed by atoms with Gasteiger partial charge in [-0.1, -0.05) is 30.0 Å². The predicted molar refractivity (Wildman–Crippen MR) is 108 cm³/mol. The van der Waals surface area contributed by atoms with Gasteiger partial charge in [0.25, 0.3) is 0 Å². The minimum absolute atomic E-state index is 0.179. The second-order valence-corrected chi connectivity index (χ2v) is 7.00. The molecule has 0 saturated carbocycles. The molecule has 1 aromatic heterocycles. The topological polar surface area (TPSA) is 116 Å². The Labute approximate surface area is 161 Å². The first-order valence-corrected chi connectivity index (χ1v) is 9.08. The molecule has 0 saturated heterocycles. The maximum Gasteiger partial charge on any atom is 0.237 e. The first-order valence-electron chi connectivity index (χ1n) is 8.20. The third-order valence-electron chi connectivity index (χ3n) is 3.50. The van der Waals surface area contributed by atoms with Crippen LogP contribution in [0.1, 0.15) is 6.92 Å². The highest BCUT2D eigenvalue weighted by atomic mass is 32.2. The number of ether oxygens (including phenoxy) is 1. The van der Waals surface area contributed by atoms with Gasteiger partial charge in [0, 0.05) is 11.8 Å². The molecule has 0 aliphatic carbocycles. The van der Waals surface area contributed by atoms with Gasteiger partial charge in [-0.05, 0) is 43.3 Å². The number of hydrogen-bond donors (Lipinski definition) is 3. The van der Waals surface area contributed by atoms with Crippen molar-refractivity contribution in [2.45, 2.75) is 17.3 Å². The van der Waals surface area contributed by atoms with E-state index in [1.807, 2.05) is 30.3 Å². The summed E-state index contributed by atoms with van der Waals surface area (Å²) >= 11 is 1.19. The van der Waals surface area contributed by atoms with Crippen LogP contribution >= 0.6 is 11.8 Å². The summed E-state index contributed by atoms with van der Waals surface area (Å²) in [7, 11) is 0. The second kappa shape index (κ2) is 8.41. The van der Waals surface area contributed by atoms with E-state index in [0.29, 0.717) is 16.6 Å². The molecule has 1 atom stereocenters. The molecule has 0 spiro atoms. The number of nitrogens with zero attached hydrogens (tertiary/aromatic N) is 2. The van der Waals surface area contributed by atoms with Crippen molar-refractivity contribution in [3.63, 3.8) is 0 Å². The number of nitrogens with two attached hydrogens (primary N) is 2. The van der Waals surface area contributed by atoms with E-state index >= 15 is 0 Å². The molecule has 0 aliphatic rings. The van der Waals surface area contributed by atoms with Crippen molar-refractivity contribution in [2.24, 2.45) is 0 Å². The van der Waals surface area contributed by atoms with Gasteiger partial charge in [-0.25, -0.2) is 9.97 Å². The molecule has 0 radical (unpaired) electrons. The van der Waals surface area contributed by atoms with Crippen molar-refractivity contribution >= 4 is 35.0 Å². The number of para-hydroxylation sites is 1. The molecule has 1 heterocycles. The average Bonchev–Trinajstić information content (AvgIpc) is 2.63. The zero-order valence-corrected chi connectivity index (χ0v) is 15.4. The van der Waals surface area contributed by atoms with Crippen LogP contribution in [0.4, 0.5) is 17.3 Å². The Hall–Kier alpha value is -3.26. The lowest BCUT2D eigenvalue weighted by molar-refractivity contribution is -0.115. The van der Waals surface area contributed by atoms with Crippen LogP contribution in [0, 0.1) is 0 Å². The van der Waals surface area contributed by atoms with Gasteiger partial charge in [0.1, 0.15) is 23.1 Å². The van der Waals surface area contributed by atoms with Crippen molar-refractivity contribution in [3.05, 3.63) is 60.7 Å². The van der Waals surface area contributed by atoms with Crippen molar-refractivity contribution in [1.82, 2.24) is 9.97 Å². The second-order valence-electron chi connectivity index (χ2n) is 5.69. The van der Waals surface area contributed by atoms with Crippen molar-refractivity contribution in [3.8, 4) is 11.5 Å². The van der Waals surface area contributed by atoms with Gasteiger partial charge in [-0.3, -0.25) is 4.79 Å². The van der Waals surface area contributed by atoms with E-state index in [2.05, 4.69) is 15.3 Å². The number of aromatic nitrogens is 2. The molecule has 8 heteroatoms. The van der Waals surface area contributed by atoms with Crippen LogP contribution in [0.15, 0.2) is 65.8 Å². The molecule has 27 heavy (non-hydrogen) atoms. The Morgan fingerprint density at radius 3 is 2.22 bits per heavy atom.